The van der Waals surface area contributed by atoms with Crippen molar-refractivity contribution in [2.75, 3.05) is 19.1 Å². The minimum Gasteiger partial charge on any atom is -0.495 e. The Morgan fingerprint density at radius 3 is 2.70 bits per heavy atom. The van der Waals surface area contributed by atoms with Gasteiger partial charge in [-0.05, 0) is 35.9 Å². The molecule has 2 rings (SSSR count). The standard InChI is InChI=1S/C16H15FN2O/c1-19(15-5-3-4-6-16(15)20-2)11-13-7-12(10-18)8-14(17)9-13/h3-9H,11H2,1-2H3. The van der Waals surface area contributed by atoms with Crippen molar-refractivity contribution in [1.29, 1.82) is 5.26 Å². The van der Waals surface area contributed by atoms with Gasteiger partial charge in [0.15, 0.2) is 0 Å². The summed E-state index contributed by atoms with van der Waals surface area (Å²) in [5.41, 5.74) is 1.99. The summed E-state index contributed by atoms with van der Waals surface area (Å²) in [7, 11) is 3.51. The van der Waals surface area contributed by atoms with Crippen LogP contribution in [0.4, 0.5) is 10.1 Å². The van der Waals surface area contributed by atoms with E-state index in [1.807, 2.05) is 42.3 Å². The summed E-state index contributed by atoms with van der Waals surface area (Å²) < 4.78 is 18.7. The van der Waals surface area contributed by atoms with Crippen LogP contribution in [0.1, 0.15) is 11.1 Å². The Morgan fingerprint density at radius 2 is 2.00 bits per heavy atom. The zero-order valence-electron chi connectivity index (χ0n) is 11.4. The molecule has 0 bridgehead atoms. The fourth-order valence-electron chi connectivity index (χ4n) is 2.11. The van der Waals surface area contributed by atoms with Gasteiger partial charge >= 0.3 is 0 Å². The fourth-order valence-corrected chi connectivity index (χ4v) is 2.11. The molecular weight excluding hydrogens is 255 g/mol. The van der Waals surface area contributed by atoms with E-state index >= 15 is 0 Å². The molecule has 0 heterocycles. The van der Waals surface area contributed by atoms with Crippen molar-refractivity contribution in [3.8, 4) is 11.8 Å². The van der Waals surface area contributed by atoms with Crippen molar-refractivity contribution in [2.45, 2.75) is 6.54 Å². The Hall–Kier alpha value is -2.54. The van der Waals surface area contributed by atoms with Crippen LogP contribution in [0.5, 0.6) is 5.75 Å². The number of halogens is 1. The lowest BCUT2D eigenvalue weighted by Gasteiger charge is -2.21. The van der Waals surface area contributed by atoms with Crippen LogP contribution >= 0.6 is 0 Å². The molecule has 0 amide bonds. The Balaban J connectivity index is 2.26. The van der Waals surface area contributed by atoms with Crippen LogP contribution in [0.3, 0.4) is 0 Å². The Kier molecular flexibility index (Phi) is 4.21. The molecule has 20 heavy (non-hydrogen) atoms. The van der Waals surface area contributed by atoms with Gasteiger partial charge in [0.2, 0.25) is 0 Å². The van der Waals surface area contributed by atoms with Gasteiger partial charge in [0.05, 0.1) is 24.4 Å². The number of benzene rings is 2. The minimum atomic E-state index is -0.396. The third kappa shape index (κ3) is 3.07. The monoisotopic (exact) mass is 270 g/mol. The number of rotatable bonds is 4. The molecule has 0 atom stereocenters. The zero-order valence-corrected chi connectivity index (χ0v) is 11.4. The molecule has 3 nitrogen and oxygen atoms in total. The lowest BCUT2D eigenvalue weighted by molar-refractivity contribution is 0.415. The first-order chi connectivity index (χ1) is 9.63. The summed E-state index contributed by atoms with van der Waals surface area (Å²) in [6, 6.07) is 13.9. The highest BCUT2D eigenvalue weighted by Crippen LogP contribution is 2.27. The smallest absolute Gasteiger partial charge is 0.142 e. The SMILES string of the molecule is COc1ccccc1N(C)Cc1cc(F)cc(C#N)c1. The van der Waals surface area contributed by atoms with Gasteiger partial charge in [-0.2, -0.15) is 5.26 Å². The van der Waals surface area contributed by atoms with E-state index in [0.717, 1.165) is 17.0 Å². The van der Waals surface area contributed by atoms with Crippen molar-refractivity contribution in [3.05, 3.63) is 59.4 Å². The molecule has 4 heteroatoms. The molecule has 102 valence electrons. The predicted molar refractivity (Wildman–Crippen MR) is 76.2 cm³/mol. The Bertz CT molecular complexity index is 649. The minimum absolute atomic E-state index is 0.327. The topological polar surface area (TPSA) is 36.3 Å². The van der Waals surface area contributed by atoms with Crippen LogP contribution in [-0.4, -0.2) is 14.2 Å². The quantitative estimate of drug-likeness (QED) is 0.855. The highest BCUT2D eigenvalue weighted by atomic mass is 19.1. The zero-order chi connectivity index (χ0) is 14.5. The molecule has 2 aromatic rings. The molecule has 0 saturated heterocycles. The predicted octanol–water partition coefficient (Wildman–Crippen LogP) is 3.34. The van der Waals surface area contributed by atoms with E-state index in [4.69, 9.17) is 10.00 Å². The summed E-state index contributed by atoms with van der Waals surface area (Å²) in [4.78, 5) is 1.95. The largest absolute Gasteiger partial charge is 0.495 e. The number of anilines is 1. The molecule has 0 radical (unpaired) electrons. The third-order valence-electron chi connectivity index (χ3n) is 3.00. The summed E-state index contributed by atoms with van der Waals surface area (Å²) in [6.45, 7) is 0.493. The average Bonchev–Trinajstić information content (AvgIpc) is 2.46. The number of methoxy groups -OCH3 is 1. The van der Waals surface area contributed by atoms with Crippen LogP contribution in [-0.2, 0) is 6.54 Å². The number of hydrogen-bond acceptors (Lipinski definition) is 3. The van der Waals surface area contributed by atoms with E-state index in [0.29, 0.717) is 12.1 Å². The van der Waals surface area contributed by atoms with Crippen LogP contribution in [0.15, 0.2) is 42.5 Å². The number of ether oxygens (including phenoxy) is 1. The number of hydrogen-bond donors (Lipinski definition) is 0. The Labute approximate surface area is 117 Å². The second-order valence-electron chi connectivity index (χ2n) is 4.49. The van der Waals surface area contributed by atoms with E-state index in [1.54, 1.807) is 13.2 Å². The summed E-state index contributed by atoms with van der Waals surface area (Å²) in [5.74, 6) is 0.361. The van der Waals surface area contributed by atoms with Crippen molar-refractivity contribution in [1.82, 2.24) is 0 Å². The first kappa shape index (κ1) is 13.9. The van der Waals surface area contributed by atoms with Crippen molar-refractivity contribution in [2.24, 2.45) is 0 Å². The maximum atomic E-state index is 13.4. The number of nitriles is 1. The molecule has 2 aromatic carbocycles. The van der Waals surface area contributed by atoms with Gasteiger partial charge < -0.3 is 9.64 Å². The highest BCUT2D eigenvalue weighted by Gasteiger charge is 2.09. The van der Waals surface area contributed by atoms with Crippen LogP contribution in [0.2, 0.25) is 0 Å². The lowest BCUT2D eigenvalue weighted by atomic mass is 10.1. The molecule has 0 N–H and O–H groups in total. The van der Waals surface area contributed by atoms with Crippen LogP contribution < -0.4 is 9.64 Å². The molecule has 0 unspecified atom stereocenters. The average molecular weight is 270 g/mol. The molecule has 0 aliphatic heterocycles. The van der Waals surface area contributed by atoms with Crippen molar-refractivity contribution >= 4 is 5.69 Å². The molecule has 0 spiro atoms. The van der Waals surface area contributed by atoms with E-state index in [9.17, 15) is 4.39 Å². The Morgan fingerprint density at radius 1 is 1.25 bits per heavy atom. The highest BCUT2D eigenvalue weighted by molar-refractivity contribution is 5.58. The van der Waals surface area contributed by atoms with Gasteiger partial charge in [0, 0.05) is 13.6 Å². The van der Waals surface area contributed by atoms with Gasteiger partial charge in [-0.15, -0.1) is 0 Å². The molecule has 0 aliphatic carbocycles. The molecular formula is C16H15FN2O. The normalized spacial score (nSPS) is 9.90. The maximum absolute atomic E-state index is 13.4. The van der Waals surface area contributed by atoms with E-state index in [1.165, 1.54) is 12.1 Å². The van der Waals surface area contributed by atoms with Crippen LogP contribution in [0, 0.1) is 17.1 Å². The molecule has 0 fully saturated rings. The third-order valence-corrected chi connectivity index (χ3v) is 3.00. The van der Waals surface area contributed by atoms with Gasteiger partial charge in [0.1, 0.15) is 11.6 Å². The second kappa shape index (κ2) is 6.07. The van der Waals surface area contributed by atoms with Gasteiger partial charge in [-0.25, -0.2) is 4.39 Å². The first-order valence-electron chi connectivity index (χ1n) is 6.17. The van der Waals surface area contributed by atoms with Crippen molar-refractivity contribution in [3.63, 3.8) is 0 Å². The summed E-state index contributed by atoms with van der Waals surface area (Å²) in [6.07, 6.45) is 0. The van der Waals surface area contributed by atoms with E-state index in [2.05, 4.69) is 0 Å². The molecule has 0 saturated carbocycles. The second-order valence-corrected chi connectivity index (χ2v) is 4.49. The van der Waals surface area contributed by atoms with E-state index in [-0.39, 0.29) is 0 Å². The maximum Gasteiger partial charge on any atom is 0.142 e. The molecule has 0 aliphatic rings. The van der Waals surface area contributed by atoms with Crippen molar-refractivity contribution < 1.29 is 9.13 Å². The van der Waals surface area contributed by atoms with Gasteiger partial charge in [0.25, 0.3) is 0 Å². The fraction of sp³-hybridized carbons (Fsp3) is 0.188. The van der Waals surface area contributed by atoms with Crippen LogP contribution in [0.25, 0.3) is 0 Å². The van der Waals surface area contributed by atoms with Gasteiger partial charge in [-0.1, -0.05) is 12.1 Å². The van der Waals surface area contributed by atoms with Gasteiger partial charge in [-0.3, -0.25) is 0 Å². The summed E-state index contributed by atoms with van der Waals surface area (Å²) >= 11 is 0. The lowest BCUT2D eigenvalue weighted by Crippen LogP contribution is -2.17. The summed E-state index contributed by atoms with van der Waals surface area (Å²) in [5, 5.41) is 8.87. The number of para-hydroxylation sites is 2. The van der Waals surface area contributed by atoms with E-state index < -0.39 is 5.82 Å². The first-order valence-corrected chi connectivity index (χ1v) is 6.17. The number of nitrogens with zero attached hydrogens (tertiary/aromatic N) is 2. The molecule has 0 aromatic heterocycles.